The Kier molecular flexibility index (Phi) is 5.92. The molecule has 0 unspecified atom stereocenters. The number of hydrogen-bond donors (Lipinski definition) is 1. The number of pyridine rings is 1. The van der Waals surface area contributed by atoms with Crippen LogP contribution in [-0.4, -0.2) is 36.7 Å². The summed E-state index contributed by atoms with van der Waals surface area (Å²) >= 11 is 0. The Morgan fingerprint density at radius 2 is 1.84 bits per heavy atom. The highest BCUT2D eigenvalue weighted by molar-refractivity contribution is 7.89. The topological polar surface area (TPSA) is 79.4 Å². The summed E-state index contributed by atoms with van der Waals surface area (Å²) in [5, 5.41) is 2.77. The Bertz CT molecular complexity index is 861. The van der Waals surface area contributed by atoms with Crippen LogP contribution in [0.4, 0.5) is 5.69 Å². The van der Waals surface area contributed by atoms with Crippen LogP contribution in [0.5, 0.6) is 0 Å². The van der Waals surface area contributed by atoms with Gasteiger partial charge in [-0.25, -0.2) is 8.42 Å². The highest BCUT2D eigenvalue weighted by Gasteiger charge is 2.23. The first-order valence-electron chi connectivity index (χ1n) is 8.15. The molecule has 6 nitrogen and oxygen atoms in total. The van der Waals surface area contributed by atoms with E-state index in [0.29, 0.717) is 18.8 Å². The summed E-state index contributed by atoms with van der Waals surface area (Å²) in [5.74, 6) is -0.375. The maximum atomic E-state index is 12.8. The minimum Gasteiger partial charge on any atom is -0.320 e. The zero-order valence-corrected chi connectivity index (χ0v) is 15.7. The van der Waals surface area contributed by atoms with E-state index in [1.54, 1.807) is 38.1 Å². The summed E-state index contributed by atoms with van der Waals surface area (Å²) in [6.07, 6.45) is 1.54. The smallest absolute Gasteiger partial charge is 0.274 e. The van der Waals surface area contributed by atoms with Gasteiger partial charge >= 0.3 is 0 Å². The van der Waals surface area contributed by atoms with Crippen LogP contribution in [0.2, 0.25) is 0 Å². The van der Waals surface area contributed by atoms with Crippen molar-refractivity contribution in [1.29, 1.82) is 0 Å². The Labute approximate surface area is 148 Å². The summed E-state index contributed by atoms with van der Waals surface area (Å²) in [5.41, 5.74) is 2.37. The number of carbonyl (C=O) groups excluding carboxylic acids is 1. The average Bonchev–Trinajstić information content (AvgIpc) is 2.60. The molecule has 0 fully saturated rings. The lowest BCUT2D eigenvalue weighted by molar-refractivity contribution is 0.102. The Balaban J connectivity index is 2.43. The number of aryl methyl sites for hydroxylation is 1. The van der Waals surface area contributed by atoms with E-state index in [-0.39, 0.29) is 16.5 Å². The molecule has 0 aliphatic rings. The highest BCUT2D eigenvalue weighted by atomic mass is 32.2. The second-order valence-electron chi connectivity index (χ2n) is 5.67. The van der Waals surface area contributed by atoms with Crippen molar-refractivity contribution in [3.05, 3.63) is 53.3 Å². The number of nitrogens with zero attached hydrogens (tertiary/aromatic N) is 2. The number of carbonyl (C=O) groups is 1. The predicted molar refractivity (Wildman–Crippen MR) is 98.2 cm³/mol. The van der Waals surface area contributed by atoms with Gasteiger partial charge in [-0.05, 0) is 49.2 Å². The summed E-state index contributed by atoms with van der Waals surface area (Å²) in [4.78, 5) is 16.5. The molecule has 134 valence electrons. The van der Waals surface area contributed by atoms with Gasteiger partial charge in [0.15, 0.2) is 0 Å². The molecule has 2 aromatic rings. The van der Waals surface area contributed by atoms with Crippen LogP contribution < -0.4 is 5.32 Å². The molecule has 0 aliphatic carbocycles. The van der Waals surface area contributed by atoms with E-state index in [1.165, 1.54) is 16.6 Å². The lowest BCUT2D eigenvalue weighted by Gasteiger charge is -2.20. The van der Waals surface area contributed by atoms with E-state index in [4.69, 9.17) is 0 Å². The minimum atomic E-state index is -3.60. The molecule has 2 rings (SSSR count). The van der Waals surface area contributed by atoms with Gasteiger partial charge in [0.1, 0.15) is 5.69 Å². The third-order valence-corrected chi connectivity index (χ3v) is 6.16. The normalized spacial score (nSPS) is 11.6. The Hall–Kier alpha value is -2.25. The molecule has 1 amide bonds. The quantitative estimate of drug-likeness (QED) is 0.858. The van der Waals surface area contributed by atoms with Crippen molar-refractivity contribution in [2.75, 3.05) is 18.4 Å². The number of hydrogen-bond acceptors (Lipinski definition) is 4. The zero-order valence-electron chi connectivity index (χ0n) is 14.9. The molecular formula is C18H23N3O3S. The second-order valence-corrected chi connectivity index (χ2v) is 7.61. The van der Waals surface area contributed by atoms with Gasteiger partial charge in [0, 0.05) is 25.0 Å². The third kappa shape index (κ3) is 4.05. The summed E-state index contributed by atoms with van der Waals surface area (Å²) in [7, 11) is -3.60. The van der Waals surface area contributed by atoms with Crippen LogP contribution in [0.1, 0.15) is 35.5 Å². The molecule has 1 N–H and O–H groups in total. The third-order valence-electron chi connectivity index (χ3n) is 4.13. The zero-order chi connectivity index (χ0) is 18.6. The SMILES string of the molecule is CCN(CC)S(=O)(=O)c1cc(C)c(C)c(NC(=O)c2ccccn2)c1. The summed E-state index contributed by atoms with van der Waals surface area (Å²) in [6, 6.07) is 8.20. The lowest BCUT2D eigenvalue weighted by Crippen LogP contribution is -2.30. The monoisotopic (exact) mass is 361 g/mol. The largest absolute Gasteiger partial charge is 0.320 e. The van der Waals surface area contributed by atoms with Gasteiger partial charge in [-0.15, -0.1) is 0 Å². The van der Waals surface area contributed by atoms with Crippen LogP contribution in [-0.2, 0) is 10.0 Å². The van der Waals surface area contributed by atoms with Gasteiger partial charge < -0.3 is 5.32 Å². The molecule has 0 aliphatic heterocycles. The minimum absolute atomic E-state index is 0.177. The predicted octanol–water partition coefficient (Wildman–Crippen LogP) is 2.98. The van der Waals surface area contributed by atoms with E-state index in [9.17, 15) is 13.2 Å². The summed E-state index contributed by atoms with van der Waals surface area (Å²) < 4.78 is 26.9. The van der Waals surface area contributed by atoms with Crippen molar-refractivity contribution in [3.63, 3.8) is 0 Å². The molecule has 0 bridgehead atoms. The Morgan fingerprint density at radius 1 is 1.16 bits per heavy atom. The molecule has 1 aromatic carbocycles. The fourth-order valence-corrected chi connectivity index (χ4v) is 4.07. The molecule has 1 heterocycles. The number of rotatable bonds is 6. The van der Waals surface area contributed by atoms with E-state index >= 15 is 0 Å². The number of benzene rings is 1. The molecule has 0 radical (unpaired) electrons. The van der Waals surface area contributed by atoms with Crippen molar-refractivity contribution in [1.82, 2.24) is 9.29 Å². The van der Waals surface area contributed by atoms with Crippen molar-refractivity contribution >= 4 is 21.6 Å². The van der Waals surface area contributed by atoms with Crippen LogP contribution >= 0.6 is 0 Å². The molecule has 7 heteroatoms. The first kappa shape index (κ1) is 19.1. The van der Waals surface area contributed by atoms with E-state index in [0.717, 1.165) is 11.1 Å². The number of anilines is 1. The summed E-state index contributed by atoms with van der Waals surface area (Å²) in [6.45, 7) is 8.05. The first-order valence-corrected chi connectivity index (χ1v) is 9.59. The van der Waals surface area contributed by atoms with Gasteiger partial charge in [0.25, 0.3) is 5.91 Å². The van der Waals surface area contributed by atoms with Gasteiger partial charge in [0.05, 0.1) is 4.90 Å². The maximum absolute atomic E-state index is 12.8. The molecule has 0 saturated carbocycles. The fourth-order valence-electron chi connectivity index (χ4n) is 2.50. The van der Waals surface area contributed by atoms with Crippen molar-refractivity contribution < 1.29 is 13.2 Å². The van der Waals surface area contributed by atoms with E-state index in [1.807, 2.05) is 13.8 Å². The van der Waals surface area contributed by atoms with Crippen molar-refractivity contribution in [3.8, 4) is 0 Å². The fraction of sp³-hybridized carbons (Fsp3) is 0.333. The maximum Gasteiger partial charge on any atom is 0.274 e. The standard InChI is InChI=1S/C18H23N3O3S/c1-5-21(6-2)25(23,24)15-11-13(3)14(4)17(12-15)20-18(22)16-9-7-8-10-19-16/h7-12H,5-6H2,1-4H3,(H,20,22). The van der Waals surface area contributed by atoms with Gasteiger partial charge in [0.2, 0.25) is 10.0 Å². The number of nitrogens with one attached hydrogen (secondary N) is 1. The van der Waals surface area contributed by atoms with Crippen molar-refractivity contribution in [2.24, 2.45) is 0 Å². The molecular weight excluding hydrogens is 338 g/mol. The average molecular weight is 361 g/mol. The second kappa shape index (κ2) is 7.76. The molecule has 0 atom stereocenters. The van der Waals surface area contributed by atoms with Crippen LogP contribution in [0.25, 0.3) is 0 Å². The number of sulfonamides is 1. The van der Waals surface area contributed by atoms with E-state index < -0.39 is 10.0 Å². The highest BCUT2D eigenvalue weighted by Crippen LogP contribution is 2.26. The van der Waals surface area contributed by atoms with Crippen LogP contribution in [0.15, 0.2) is 41.4 Å². The molecule has 25 heavy (non-hydrogen) atoms. The Morgan fingerprint density at radius 3 is 2.40 bits per heavy atom. The van der Waals surface area contributed by atoms with E-state index in [2.05, 4.69) is 10.3 Å². The van der Waals surface area contributed by atoms with Gasteiger partial charge in [-0.2, -0.15) is 4.31 Å². The first-order chi connectivity index (χ1) is 11.8. The van der Waals surface area contributed by atoms with Crippen molar-refractivity contribution in [2.45, 2.75) is 32.6 Å². The molecule has 1 aromatic heterocycles. The van der Waals surface area contributed by atoms with Crippen LogP contribution in [0, 0.1) is 13.8 Å². The van der Waals surface area contributed by atoms with Gasteiger partial charge in [-0.1, -0.05) is 19.9 Å². The molecule has 0 saturated heterocycles. The van der Waals surface area contributed by atoms with Crippen LogP contribution in [0.3, 0.4) is 0 Å². The lowest BCUT2D eigenvalue weighted by atomic mass is 10.1. The number of amides is 1. The number of aromatic nitrogens is 1. The van der Waals surface area contributed by atoms with Gasteiger partial charge in [-0.3, -0.25) is 9.78 Å². The molecule has 0 spiro atoms.